The second-order valence-electron chi connectivity index (χ2n) is 7.05. The van der Waals surface area contributed by atoms with Crippen molar-refractivity contribution in [3.8, 4) is 17.6 Å². The van der Waals surface area contributed by atoms with Crippen LogP contribution in [0.15, 0.2) is 48.5 Å². The lowest BCUT2D eigenvalue weighted by Crippen LogP contribution is -2.23. The summed E-state index contributed by atoms with van der Waals surface area (Å²) >= 11 is 0. The van der Waals surface area contributed by atoms with E-state index < -0.39 is 5.91 Å². The van der Waals surface area contributed by atoms with Crippen LogP contribution in [0.2, 0.25) is 0 Å². The van der Waals surface area contributed by atoms with E-state index in [0.29, 0.717) is 23.4 Å². The first-order valence-electron chi connectivity index (χ1n) is 9.69. The average Bonchev–Trinajstić information content (AvgIpc) is 3.21. The van der Waals surface area contributed by atoms with Gasteiger partial charge in [-0.15, -0.1) is 0 Å². The molecule has 0 unspecified atom stereocenters. The summed E-state index contributed by atoms with van der Waals surface area (Å²) in [5.74, 6) is 5.66. The fraction of sp³-hybridized carbons (Fsp3) is 0.217. The van der Waals surface area contributed by atoms with Gasteiger partial charge in [-0.25, -0.2) is 5.48 Å². The summed E-state index contributed by atoms with van der Waals surface area (Å²) < 4.78 is 5.85. The summed E-state index contributed by atoms with van der Waals surface area (Å²) in [6.07, 6.45) is 0. The Morgan fingerprint density at radius 3 is 2.61 bits per heavy atom. The topological polar surface area (TPSA) is 107 Å². The van der Waals surface area contributed by atoms with Crippen LogP contribution in [0.5, 0.6) is 5.75 Å². The molecule has 0 aliphatic rings. The molecule has 8 heteroatoms. The third-order valence-electron chi connectivity index (χ3n) is 4.48. The molecule has 0 atom stereocenters. The molecule has 2 aromatic carbocycles. The predicted molar refractivity (Wildman–Crippen MR) is 117 cm³/mol. The number of likely N-dealkylation sites (N-methyl/N-ethyl adjacent to an activating group) is 1. The molecule has 0 saturated heterocycles. The molecule has 0 fully saturated rings. The summed E-state index contributed by atoms with van der Waals surface area (Å²) in [5, 5.41) is 12.2. The number of hydrogen-bond donors (Lipinski definition) is 4. The number of ether oxygens (including phenoxy) is 1. The number of benzene rings is 2. The first-order valence-corrected chi connectivity index (χ1v) is 9.69. The summed E-state index contributed by atoms with van der Waals surface area (Å²) in [6.45, 7) is 1.52. The van der Waals surface area contributed by atoms with Crippen LogP contribution in [-0.2, 0) is 0 Å². The molecule has 4 N–H and O–H groups in total. The molecular weight excluding hydrogens is 396 g/mol. The number of carbonyl (C=O) groups is 2. The van der Waals surface area contributed by atoms with E-state index in [2.05, 4.69) is 22.1 Å². The van der Waals surface area contributed by atoms with Crippen LogP contribution in [0.3, 0.4) is 0 Å². The highest BCUT2D eigenvalue weighted by Crippen LogP contribution is 2.26. The quantitative estimate of drug-likeness (QED) is 0.266. The van der Waals surface area contributed by atoms with Gasteiger partial charge in [0.1, 0.15) is 18.1 Å². The van der Waals surface area contributed by atoms with Gasteiger partial charge in [0.2, 0.25) is 0 Å². The average molecular weight is 420 g/mol. The lowest BCUT2D eigenvalue weighted by atomic mass is 10.1. The third-order valence-corrected chi connectivity index (χ3v) is 4.48. The largest absolute Gasteiger partial charge is 0.492 e. The summed E-state index contributed by atoms with van der Waals surface area (Å²) in [4.78, 5) is 28.9. The summed E-state index contributed by atoms with van der Waals surface area (Å²) in [7, 11) is 3.96. The number of amides is 2. The maximum absolute atomic E-state index is 12.5. The van der Waals surface area contributed by atoms with Gasteiger partial charge in [-0.1, -0.05) is 17.9 Å². The third kappa shape index (κ3) is 5.85. The zero-order chi connectivity index (χ0) is 22.2. The van der Waals surface area contributed by atoms with Crippen molar-refractivity contribution in [3.05, 3.63) is 65.4 Å². The fourth-order valence-electron chi connectivity index (χ4n) is 2.85. The van der Waals surface area contributed by atoms with Gasteiger partial charge in [0.25, 0.3) is 11.8 Å². The van der Waals surface area contributed by atoms with Crippen LogP contribution >= 0.6 is 0 Å². The van der Waals surface area contributed by atoms with Crippen molar-refractivity contribution in [1.29, 1.82) is 0 Å². The number of carbonyl (C=O) groups excluding carboxylic acids is 2. The maximum atomic E-state index is 12.5. The molecule has 160 valence electrons. The number of hydrogen-bond acceptors (Lipinski definition) is 5. The second-order valence-corrected chi connectivity index (χ2v) is 7.05. The number of nitrogens with one attached hydrogen (secondary N) is 3. The lowest BCUT2D eigenvalue weighted by Gasteiger charge is -2.11. The van der Waals surface area contributed by atoms with Gasteiger partial charge in [-0.05, 0) is 56.6 Å². The van der Waals surface area contributed by atoms with Crippen molar-refractivity contribution in [2.75, 3.05) is 33.8 Å². The van der Waals surface area contributed by atoms with Gasteiger partial charge in [-0.3, -0.25) is 14.8 Å². The van der Waals surface area contributed by atoms with Crippen LogP contribution in [-0.4, -0.2) is 60.7 Å². The van der Waals surface area contributed by atoms with Gasteiger partial charge in [0.15, 0.2) is 0 Å². The number of rotatable bonds is 7. The normalized spacial score (nSPS) is 10.5. The summed E-state index contributed by atoms with van der Waals surface area (Å²) in [6, 6.07) is 13.9. The molecule has 0 spiro atoms. The molecule has 0 aliphatic carbocycles. The monoisotopic (exact) mass is 420 g/mol. The molecule has 0 bridgehead atoms. The van der Waals surface area contributed by atoms with Crippen molar-refractivity contribution in [3.63, 3.8) is 0 Å². The van der Waals surface area contributed by atoms with E-state index in [1.165, 1.54) is 0 Å². The Balaban J connectivity index is 1.60. The number of aromatic amines is 1. The number of nitrogens with zero attached hydrogens (tertiary/aromatic N) is 1. The Bertz CT molecular complexity index is 1120. The van der Waals surface area contributed by atoms with Crippen molar-refractivity contribution >= 4 is 22.7 Å². The van der Waals surface area contributed by atoms with Crippen LogP contribution < -0.4 is 15.5 Å². The van der Waals surface area contributed by atoms with E-state index in [0.717, 1.165) is 23.2 Å². The van der Waals surface area contributed by atoms with Crippen molar-refractivity contribution in [2.45, 2.75) is 0 Å². The first-order chi connectivity index (χ1) is 15.0. The van der Waals surface area contributed by atoms with Gasteiger partial charge < -0.3 is 19.9 Å². The Labute approximate surface area is 180 Å². The number of hydroxylamine groups is 1. The van der Waals surface area contributed by atoms with E-state index in [1.807, 2.05) is 37.2 Å². The van der Waals surface area contributed by atoms with E-state index in [1.54, 1.807) is 35.8 Å². The minimum absolute atomic E-state index is 0.166. The molecule has 3 aromatic rings. The van der Waals surface area contributed by atoms with Crippen LogP contribution in [0, 0.1) is 11.8 Å². The zero-order valence-corrected chi connectivity index (χ0v) is 17.4. The van der Waals surface area contributed by atoms with Gasteiger partial charge in [0.05, 0.1) is 6.54 Å². The van der Waals surface area contributed by atoms with E-state index in [4.69, 9.17) is 9.94 Å². The van der Waals surface area contributed by atoms with Crippen LogP contribution in [0.25, 0.3) is 10.9 Å². The molecule has 1 aromatic heterocycles. The second kappa shape index (κ2) is 10.3. The van der Waals surface area contributed by atoms with Crippen molar-refractivity contribution in [2.24, 2.45) is 0 Å². The molecule has 0 saturated carbocycles. The molecule has 3 rings (SSSR count). The lowest BCUT2D eigenvalue weighted by molar-refractivity contribution is 0.0706. The number of H-pyrrole nitrogens is 1. The van der Waals surface area contributed by atoms with E-state index in [-0.39, 0.29) is 12.5 Å². The summed E-state index contributed by atoms with van der Waals surface area (Å²) in [5.41, 5.74) is 3.84. The fourth-order valence-corrected chi connectivity index (χ4v) is 2.85. The van der Waals surface area contributed by atoms with Gasteiger partial charge in [0, 0.05) is 28.6 Å². The standard InChI is InChI=1S/C23H24N4O4/c1-27(2)13-14-31-21-7-3-6-19-18(21)15-20(25-19)23(29)24-12-4-5-16-8-10-17(11-9-16)22(28)26-30/h3,6-11,15,25,30H,12-14H2,1-2H3,(H,24,29)(H,26,28). The van der Waals surface area contributed by atoms with Crippen molar-refractivity contribution in [1.82, 2.24) is 20.7 Å². The molecule has 2 amide bonds. The minimum atomic E-state index is -0.587. The Morgan fingerprint density at radius 2 is 1.90 bits per heavy atom. The predicted octanol–water partition coefficient (Wildman–Crippen LogP) is 2.01. The molecule has 8 nitrogen and oxygen atoms in total. The number of fused-ring (bicyclic) bond motifs is 1. The minimum Gasteiger partial charge on any atom is -0.492 e. The Kier molecular flexibility index (Phi) is 7.27. The molecule has 0 radical (unpaired) electrons. The molecule has 0 aliphatic heterocycles. The highest BCUT2D eigenvalue weighted by Gasteiger charge is 2.11. The van der Waals surface area contributed by atoms with Crippen molar-refractivity contribution < 1.29 is 19.5 Å². The maximum Gasteiger partial charge on any atom is 0.274 e. The molecular formula is C23H24N4O4. The highest BCUT2D eigenvalue weighted by molar-refractivity contribution is 5.99. The van der Waals surface area contributed by atoms with Crippen LogP contribution in [0.1, 0.15) is 26.4 Å². The molecule has 31 heavy (non-hydrogen) atoms. The van der Waals surface area contributed by atoms with Gasteiger partial charge in [-0.2, -0.15) is 0 Å². The Hall–Kier alpha value is -3.80. The van der Waals surface area contributed by atoms with Gasteiger partial charge >= 0.3 is 0 Å². The molecule has 1 heterocycles. The smallest absolute Gasteiger partial charge is 0.274 e. The zero-order valence-electron chi connectivity index (χ0n) is 17.4. The SMILES string of the molecule is CN(C)CCOc1cccc2[nH]c(C(=O)NCC#Cc3ccc(C(=O)NO)cc3)cc12. The Morgan fingerprint density at radius 1 is 1.13 bits per heavy atom. The highest BCUT2D eigenvalue weighted by atomic mass is 16.5. The van der Waals surface area contributed by atoms with E-state index >= 15 is 0 Å². The van der Waals surface area contributed by atoms with Crippen LogP contribution in [0.4, 0.5) is 0 Å². The first kappa shape index (κ1) is 21.9. The van der Waals surface area contributed by atoms with E-state index in [9.17, 15) is 9.59 Å². The number of aromatic nitrogens is 1.